The van der Waals surface area contributed by atoms with Crippen LogP contribution in [0.15, 0.2) is 30.5 Å². The molecule has 0 saturated carbocycles. The lowest BCUT2D eigenvalue weighted by Crippen LogP contribution is -2.01. The Kier molecular flexibility index (Phi) is 2.26. The highest BCUT2D eigenvalue weighted by Crippen LogP contribution is 2.19. The zero-order valence-corrected chi connectivity index (χ0v) is 8.38. The Balaban J connectivity index is 2.46. The molecule has 0 saturated heterocycles. The van der Waals surface area contributed by atoms with Gasteiger partial charge in [-0.3, -0.25) is 4.21 Å². The van der Waals surface area contributed by atoms with Crippen LogP contribution in [0.1, 0.15) is 0 Å². The minimum atomic E-state index is -2.26. The van der Waals surface area contributed by atoms with Gasteiger partial charge in [0.15, 0.2) is 0 Å². The van der Waals surface area contributed by atoms with E-state index in [2.05, 4.69) is 4.72 Å². The van der Waals surface area contributed by atoms with Crippen LogP contribution in [0.4, 0.5) is 5.69 Å². The molecular formula is C9H9N2O2S-. The summed E-state index contributed by atoms with van der Waals surface area (Å²) >= 11 is -2.26. The summed E-state index contributed by atoms with van der Waals surface area (Å²) < 4.78 is 25.1. The van der Waals surface area contributed by atoms with E-state index in [-0.39, 0.29) is 0 Å². The number of aryl methyl sites for hydroxylation is 1. The lowest BCUT2D eigenvalue weighted by Gasteiger charge is -2.08. The van der Waals surface area contributed by atoms with E-state index < -0.39 is 11.3 Å². The first-order chi connectivity index (χ1) is 6.66. The Morgan fingerprint density at radius 2 is 2.21 bits per heavy atom. The van der Waals surface area contributed by atoms with E-state index in [0.717, 1.165) is 10.9 Å². The SMILES string of the molecule is Cn1ccc2cc(NS(=O)[O-])ccc21. The molecular weight excluding hydrogens is 200 g/mol. The minimum absolute atomic E-state index is 0.581. The summed E-state index contributed by atoms with van der Waals surface area (Å²) in [6, 6.07) is 7.35. The molecule has 5 heteroatoms. The second-order valence-corrected chi connectivity index (χ2v) is 3.71. The van der Waals surface area contributed by atoms with Gasteiger partial charge in [-0.15, -0.1) is 0 Å². The van der Waals surface area contributed by atoms with Gasteiger partial charge in [-0.1, -0.05) is 0 Å². The van der Waals surface area contributed by atoms with Crippen molar-refractivity contribution in [1.29, 1.82) is 0 Å². The van der Waals surface area contributed by atoms with Crippen molar-refractivity contribution < 1.29 is 8.76 Å². The van der Waals surface area contributed by atoms with Crippen molar-refractivity contribution in [3.05, 3.63) is 30.5 Å². The van der Waals surface area contributed by atoms with E-state index in [4.69, 9.17) is 0 Å². The molecule has 1 unspecified atom stereocenters. The summed E-state index contributed by atoms with van der Waals surface area (Å²) in [5.74, 6) is 0. The molecule has 0 aliphatic carbocycles. The van der Waals surface area contributed by atoms with Crippen LogP contribution >= 0.6 is 0 Å². The van der Waals surface area contributed by atoms with Gasteiger partial charge in [0, 0.05) is 41.1 Å². The van der Waals surface area contributed by atoms with Crippen LogP contribution in [-0.2, 0) is 18.3 Å². The predicted octanol–water partition coefficient (Wildman–Crippen LogP) is 1.38. The Morgan fingerprint density at radius 3 is 2.93 bits per heavy atom. The maximum atomic E-state index is 10.4. The van der Waals surface area contributed by atoms with Crippen LogP contribution in [0.3, 0.4) is 0 Å². The third-order valence-electron chi connectivity index (χ3n) is 2.09. The lowest BCUT2D eigenvalue weighted by atomic mass is 10.2. The number of nitrogens with one attached hydrogen (secondary N) is 1. The molecule has 2 aromatic rings. The smallest absolute Gasteiger partial charge is 0.0479 e. The number of hydrogen-bond acceptors (Lipinski definition) is 2. The predicted molar refractivity (Wildman–Crippen MR) is 55.5 cm³/mol. The van der Waals surface area contributed by atoms with E-state index in [1.54, 1.807) is 12.1 Å². The maximum Gasteiger partial charge on any atom is 0.0479 e. The second-order valence-electron chi connectivity index (χ2n) is 3.04. The molecule has 1 aromatic heterocycles. The molecule has 0 radical (unpaired) electrons. The highest BCUT2D eigenvalue weighted by atomic mass is 32.2. The average molecular weight is 209 g/mol. The number of benzene rings is 1. The monoisotopic (exact) mass is 209 g/mol. The van der Waals surface area contributed by atoms with E-state index in [9.17, 15) is 8.76 Å². The van der Waals surface area contributed by atoms with Crippen molar-refractivity contribution in [2.24, 2.45) is 7.05 Å². The van der Waals surface area contributed by atoms with Crippen molar-refractivity contribution in [2.75, 3.05) is 4.72 Å². The van der Waals surface area contributed by atoms with Crippen molar-refractivity contribution in [3.63, 3.8) is 0 Å². The summed E-state index contributed by atoms with van der Waals surface area (Å²) in [5.41, 5.74) is 1.66. The molecule has 0 fully saturated rings. The molecule has 1 atom stereocenters. The molecule has 2 rings (SSSR count). The van der Waals surface area contributed by atoms with Gasteiger partial charge in [0.1, 0.15) is 0 Å². The summed E-state index contributed by atoms with van der Waals surface area (Å²) in [6.45, 7) is 0. The second kappa shape index (κ2) is 3.43. The standard InChI is InChI=1S/C9H10N2O2S/c1-11-5-4-7-6-8(10-14(12)13)2-3-9(7)11/h2-6,10H,1H3,(H,12,13)/p-1. The van der Waals surface area contributed by atoms with E-state index in [1.165, 1.54) is 0 Å². The van der Waals surface area contributed by atoms with Gasteiger partial charge in [0.2, 0.25) is 0 Å². The topological polar surface area (TPSA) is 57.1 Å². The van der Waals surface area contributed by atoms with Crippen LogP contribution in [0.2, 0.25) is 0 Å². The molecule has 1 N–H and O–H groups in total. The van der Waals surface area contributed by atoms with Crippen LogP contribution in [-0.4, -0.2) is 13.3 Å². The zero-order chi connectivity index (χ0) is 10.1. The fourth-order valence-corrected chi connectivity index (χ4v) is 1.76. The van der Waals surface area contributed by atoms with Crippen molar-refractivity contribution in [2.45, 2.75) is 0 Å². The molecule has 1 aromatic carbocycles. The fraction of sp³-hybridized carbons (Fsp3) is 0.111. The zero-order valence-electron chi connectivity index (χ0n) is 7.56. The third kappa shape index (κ3) is 1.64. The lowest BCUT2D eigenvalue weighted by molar-refractivity contribution is 0.542. The van der Waals surface area contributed by atoms with Crippen molar-refractivity contribution in [3.8, 4) is 0 Å². The highest BCUT2D eigenvalue weighted by Gasteiger charge is 1.98. The molecule has 74 valence electrons. The van der Waals surface area contributed by atoms with Gasteiger partial charge < -0.3 is 13.8 Å². The Morgan fingerprint density at radius 1 is 1.43 bits per heavy atom. The van der Waals surface area contributed by atoms with Gasteiger partial charge in [-0.2, -0.15) is 0 Å². The third-order valence-corrected chi connectivity index (χ3v) is 2.49. The van der Waals surface area contributed by atoms with E-state index >= 15 is 0 Å². The number of anilines is 1. The van der Waals surface area contributed by atoms with Gasteiger partial charge in [0.05, 0.1) is 0 Å². The molecule has 0 bridgehead atoms. The van der Waals surface area contributed by atoms with Crippen LogP contribution in [0.5, 0.6) is 0 Å². The van der Waals surface area contributed by atoms with Crippen molar-refractivity contribution in [1.82, 2.24) is 4.57 Å². The molecule has 1 heterocycles. The van der Waals surface area contributed by atoms with Gasteiger partial charge in [-0.25, -0.2) is 0 Å². The highest BCUT2D eigenvalue weighted by molar-refractivity contribution is 7.80. The number of nitrogens with zero attached hydrogens (tertiary/aromatic N) is 1. The Labute approximate surface area is 84.0 Å². The van der Waals surface area contributed by atoms with E-state index in [1.807, 2.05) is 29.9 Å². The summed E-state index contributed by atoms with van der Waals surface area (Å²) in [6.07, 6.45) is 1.93. The number of rotatable bonds is 2. The van der Waals surface area contributed by atoms with Gasteiger partial charge in [0.25, 0.3) is 0 Å². The number of fused-ring (bicyclic) bond motifs is 1. The number of hydrogen-bond donors (Lipinski definition) is 1. The largest absolute Gasteiger partial charge is 0.755 e. The van der Waals surface area contributed by atoms with E-state index in [0.29, 0.717) is 5.69 Å². The number of aromatic nitrogens is 1. The van der Waals surface area contributed by atoms with Gasteiger partial charge in [-0.05, 0) is 24.3 Å². The minimum Gasteiger partial charge on any atom is -0.755 e. The summed E-state index contributed by atoms with van der Waals surface area (Å²) in [5, 5.41) is 1.02. The Bertz CT molecular complexity index is 493. The van der Waals surface area contributed by atoms with Gasteiger partial charge >= 0.3 is 0 Å². The average Bonchev–Trinajstić information content (AvgIpc) is 2.46. The van der Waals surface area contributed by atoms with Crippen LogP contribution in [0.25, 0.3) is 10.9 Å². The first-order valence-electron chi connectivity index (χ1n) is 4.08. The fourth-order valence-electron chi connectivity index (χ4n) is 1.44. The Hall–Kier alpha value is -1.33. The van der Waals surface area contributed by atoms with Crippen LogP contribution in [0, 0.1) is 0 Å². The molecule has 0 aliphatic rings. The summed E-state index contributed by atoms with van der Waals surface area (Å²) in [7, 11) is 1.95. The summed E-state index contributed by atoms with van der Waals surface area (Å²) in [4.78, 5) is 0. The molecule has 0 amide bonds. The molecule has 14 heavy (non-hydrogen) atoms. The quantitative estimate of drug-likeness (QED) is 0.760. The molecule has 0 spiro atoms. The maximum absolute atomic E-state index is 10.4. The first-order valence-corrected chi connectivity index (χ1v) is 5.15. The molecule has 0 aliphatic heterocycles. The molecule has 4 nitrogen and oxygen atoms in total. The first kappa shape index (κ1) is 9.23. The normalized spacial score (nSPS) is 13.0. The van der Waals surface area contributed by atoms with Crippen LogP contribution < -0.4 is 4.72 Å². The van der Waals surface area contributed by atoms with Crippen molar-refractivity contribution >= 4 is 27.9 Å².